The minimum atomic E-state index is -1.06. The topological polar surface area (TPSA) is 49.3 Å². The first-order chi connectivity index (χ1) is 10.0. The van der Waals surface area contributed by atoms with Gasteiger partial charge in [-0.25, -0.2) is 13.6 Å². The van der Waals surface area contributed by atoms with Gasteiger partial charge < -0.3 is 10.4 Å². The minimum absolute atomic E-state index is 0.247. The number of carbonyl (C=O) groups is 1. The third-order valence-electron chi connectivity index (χ3n) is 3.77. The fourth-order valence-corrected chi connectivity index (χ4v) is 2.76. The van der Waals surface area contributed by atoms with Gasteiger partial charge in [-0.15, -0.1) is 0 Å². The van der Waals surface area contributed by atoms with E-state index in [1.165, 1.54) is 6.07 Å². The lowest BCUT2D eigenvalue weighted by atomic mass is 9.99. The molecule has 1 aliphatic rings. The second kappa shape index (κ2) is 5.16. The average Bonchev–Trinajstić information content (AvgIpc) is 2.84. The highest BCUT2D eigenvalue weighted by molar-refractivity contribution is 5.68. The molecule has 3 rings (SSSR count). The van der Waals surface area contributed by atoms with Crippen molar-refractivity contribution in [3.63, 3.8) is 0 Å². The van der Waals surface area contributed by atoms with E-state index < -0.39 is 17.7 Å². The standard InChI is InChI=1S/C16H13F2NO2/c17-13-5-3-11(8-14(13)18)10-2-1-9-4-6-15(12(9)7-10)19-16(20)21/h1-3,5,7-8,15,19H,4,6H2,(H,20,21). The monoisotopic (exact) mass is 289 g/mol. The number of halogens is 2. The van der Waals surface area contributed by atoms with Crippen LogP contribution in [0.4, 0.5) is 13.6 Å². The molecular formula is C16H13F2NO2. The van der Waals surface area contributed by atoms with Gasteiger partial charge in [0.2, 0.25) is 0 Å². The molecule has 3 nitrogen and oxygen atoms in total. The lowest BCUT2D eigenvalue weighted by molar-refractivity contribution is 0.190. The number of fused-ring (bicyclic) bond motifs is 1. The molecular weight excluding hydrogens is 276 g/mol. The van der Waals surface area contributed by atoms with Crippen LogP contribution in [0.3, 0.4) is 0 Å². The van der Waals surface area contributed by atoms with E-state index >= 15 is 0 Å². The summed E-state index contributed by atoms with van der Waals surface area (Å²) in [5, 5.41) is 11.3. The summed E-state index contributed by atoms with van der Waals surface area (Å²) < 4.78 is 26.3. The van der Waals surface area contributed by atoms with Crippen molar-refractivity contribution >= 4 is 6.09 Å². The van der Waals surface area contributed by atoms with Gasteiger partial charge in [-0.3, -0.25) is 0 Å². The number of carboxylic acid groups (broad SMARTS) is 1. The Balaban J connectivity index is 1.98. The van der Waals surface area contributed by atoms with Crippen LogP contribution >= 0.6 is 0 Å². The molecule has 1 aliphatic carbocycles. The molecule has 0 radical (unpaired) electrons. The number of nitrogens with one attached hydrogen (secondary N) is 1. The van der Waals surface area contributed by atoms with Crippen molar-refractivity contribution in [2.24, 2.45) is 0 Å². The normalized spacial score (nSPS) is 16.6. The molecule has 108 valence electrons. The van der Waals surface area contributed by atoms with E-state index in [-0.39, 0.29) is 6.04 Å². The van der Waals surface area contributed by atoms with Crippen LogP contribution in [0.1, 0.15) is 23.6 Å². The first-order valence-electron chi connectivity index (χ1n) is 6.62. The first kappa shape index (κ1) is 13.5. The third kappa shape index (κ3) is 2.59. The van der Waals surface area contributed by atoms with Gasteiger partial charge in [0.1, 0.15) is 0 Å². The van der Waals surface area contributed by atoms with Crippen LogP contribution in [0.5, 0.6) is 0 Å². The van der Waals surface area contributed by atoms with Crippen LogP contribution in [0.25, 0.3) is 11.1 Å². The molecule has 5 heteroatoms. The molecule has 0 spiro atoms. The predicted octanol–water partition coefficient (Wildman–Crippen LogP) is 3.89. The van der Waals surface area contributed by atoms with Crippen molar-refractivity contribution in [2.45, 2.75) is 18.9 Å². The lowest BCUT2D eigenvalue weighted by Gasteiger charge is -2.13. The fraction of sp³-hybridized carbons (Fsp3) is 0.188. The van der Waals surface area contributed by atoms with Crippen molar-refractivity contribution in [3.8, 4) is 11.1 Å². The number of benzene rings is 2. The Labute approximate surface area is 120 Å². The fourth-order valence-electron chi connectivity index (χ4n) is 2.76. The third-order valence-corrected chi connectivity index (χ3v) is 3.77. The molecule has 0 heterocycles. The van der Waals surface area contributed by atoms with E-state index in [4.69, 9.17) is 5.11 Å². The molecule has 0 saturated carbocycles. The molecule has 2 aromatic rings. The van der Waals surface area contributed by atoms with Gasteiger partial charge in [-0.1, -0.05) is 18.2 Å². The minimum Gasteiger partial charge on any atom is -0.465 e. The molecule has 2 N–H and O–H groups in total. The predicted molar refractivity (Wildman–Crippen MR) is 74.0 cm³/mol. The van der Waals surface area contributed by atoms with E-state index in [2.05, 4.69) is 5.32 Å². The molecule has 0 aromatic heterocycles. The van der Waals surface area contributed by atoms with E-state index in [1.807, 2.05) is 18.2 Å². The summed E-state index contributed by atoms with van der Waals surface area (Å²) in [6.07, 6.45) is 0.451. The zero-order chi connectivity index (χ0) is 15.0. The van der Waals surface area contributed by atoms with Gasteiger partial charge in [0.05, 0.1) is 6.04 Å². The highest BCUT2D eigenvalue weighted by Crippen LogP contribution is 2.34. The number of aryl methyl sites for hydroxylation is 1. The summed E-state index contributed by atoms with van der Waals surface area (Å²) in [6, 6.07) is 9.09. The van der Waals surface area contributed by atoms with Gasteiger partial charge >= 0.3 is 6.09 Å². The van der Waals surface area contributed by atoms with E-state index in [0.29, 0.717) is 12.0 Å². The van der Waals surface area contributed by atoms with Gasteiger partial charge in [0, 0.05) is 0 Å². The van der Waals surface area contributed by atoms with E-state index in [1.54, 1.807) is 0 Å². The van der Waals surface area contributed by atoms with Crippen molar-refractivity contribution in [1.29, 1.82) is 0 Å². The molecule has 0 fully saturated rings. The molecule has 0 aliphatic heterocycles. The Morgan fingerprint density at radius 2 is 1.81 bits per heavy atom. The van der Waals surface area contributed by atoms with Crippen LogP contribution in [0.15, 0.2) is 36.4 Å². The molecule has 0 saturated heterocycles. The Morgan fingerprint density at radius 1 is 1.10 bits per heavy atom. The Hall–Kier alpha value is -2.43. The summed E-state index contributed by atoms with van der Waals surface area (Å²) >= 11 is 0. The highest BCUT2D eigenvalue weighted by Gasteiger charge is 2.24. The Bertz CT molecular complexity index is 715. The largest absolute Gasteiger partial charge is 0.465 e. The summed E-state index contributed by atoms with van der Waals surface area (Å²) in [5.41, 5.74) is 3.30. The molecule has 1 unspecified atom stereocenters. The van der Waals surface area contributed by atoms with Crippen LogP contribution < -0.4 is 5.32 Å². The highest BCUT2D eigenvalue weighted by atomic mass is 19.2. The zero-order valence-corrected chi connectivity index (χ0v) is 11.1. The van der Waals surface area contributed by atoms with Crippen molar-refractivity contribution in [2.75, 3.05) is 0 Å². The van der Waals surface area contributed by atoms with Gasteiger partial charge in [0.25, 0.3) is 0 Å². The second-order valence-corrected chi connectivity index (χ2v) is 5.08. The number of hydrogen-bond donors (Lipinski definition) is 2. The molecule has 2 aromatic carbocycles. The van der Waals surface area contributed by atoms with Crippen molar-refractivity contribution in [3.05, 3.63) is 59.2 Å². The maximum atomic E-state index is 13.3. The Kier molecular flexibility index (Phi) is 3.33. The molecule has 0 bridgehead atoms. The smallest absolute Gasteiger partial charge is 0.405 e. The van der Waals surface area contributed by atoms with Gasteiger partial charge in [0.15, 0.2) is 11.6 Å². The summed E-state index contributed by atoms with van der Waals surface area (Å²) in [6.45, 7) is 0. The zero-order valence-electron chi connectivity index (χ0n) is 11.1. The quantitative estimate of drug-likeness (QED) is 0.881. The summed E-state index contributed by atoms with van der Waals surface area (Å²) in [7, 11) is 0. The number of amides is 1. The molecule has 1 atom stereocenters. The Morgan fingerprint density at radius 3 is 2.52 bits per heavy atom. The van der Waals surface area contributed by atoms with Crippen LogP contribution in [0, 0.1) is 11.6 Å². The lowest BCUT2D eigenvalue weighted by Crippen LogP contribution is -2.24. The second-order valence-electron chi connectivity index (χ2n) is 5.08. The van der Waals surface area contributed by atoms with Crippen LogP contribution in [0.2, 0.25) is 0 Å². The number of rotatable bonds is 2. The van der Waals surface area contributed by atoms with Gasteiger partial charge in [-0.2, -0.15) is 0 Å². The van der Waals surface area contributed by atoms with E-state index in [9.17, 15) is 13.6 Å². The van der Waals surface area contributed by atoms with Gasteiger partial charge in [-0.05, 0) is 53.3 Å². The summed E-state index contributed by atoms with van der Waals surface area (Å²) in [4.78, 5) is 10.8. The van der Waals surface area contributed by atoms with Crippen molar-refractivity contribution in [1.82, 2.24) is 5.32 Å². The van der Waals surface area contributed by atoms with Crippen LogP contribution in [-0.4, -0.2) is 11.2 Å². The summed E-state index contributed by atoms with van der Waals surface area (Å²) in [5.74, 6) is -1.78. The first-order valence-corrected chi connectivity index (χ1v) is 6.62. The SMILES string of the molecule is O=C(O)NC1CCc2ccc(-c3ccc(F)c(F)c3)cc21. The average molecular weight is 289 g/mol. The maximum Gasteiger partial charge on any atom is 0.405 e. The molecule has 21 heavy (non-hydrogen) atoms. The maximum absolute atomic E-state index is 13.3. The van der Waals surface area contributed by atoms with E-state index in [0.717, 1.165) is 35.2 Å². The number of hydrogen-bond acceptors (Lipinski definition) is 1. The molecule has 1 amide bonds. The van der Waals surface area contributed by atoms with Crippen LogP contribution in [-0.2, 0) is 6.42 Å². The van der Waals surface area contributed by atoms with Crippen molar-refractivity contribution < 1.29 is 18.7 Å².